The maximum absolute atomic E-state index is 4.62. The molecule has 2 rings (SSSR count). The monoisotopic (exact) mass is 290 g/mol. The van der Waals surface area contributed by atoms with Crippen LogP contribution in [0.15, 0.2) is 18.3 Å². The van der Waals surface area contributed by atoms with Crippen LogP contribution in [-0.2, 0) is 13.1 Å². The number of likely N-dealkylation sites (N-methyl/N-ethyl adjacent to an activating group) is 1. The lowest BCUT2D eigenvalue weighted by Gasteiger charge is -2.19. The molecule has 118 valence electrons. The van der Waals surface area contributed by atoms with Crippen LogP contribution in [-0.4, -0.2) is 54.6 Å². The lowest BCUT2D eigenvalue weighted by atomic mass is 10.2. The number of hydrogen-bond donors (Lipinski definition) is 1. The predicted molar refractivity (Wildman–Crippen MR) is 88.2 cm³/mol. The van der Waals surface area contributed by atoms with Gasteiger partial charge in [-0.1, -0.05) is 19.9 Å². The van der Waals surface area contributed by atoms with Crippen LogP contribution in [0, 0.1) is 5.92 Å². The van der Waals surface area contributed by atoms with Crippen molar-refractivity contribution >= 4 is 0 Å². The van der Waals surface area contributed by atoms with Crippen LogP contribution in [0.2, 0.25) is 0 Å². The zero-order valence-corrected chi connectivity index (χ0v) is 13.8. The van der Waals surface area contributed by atoms with Crippen LogP contribution < -0.4 is 5.32 Å². The second-order valence-electron chi connectivity index (χ2n) is 6.62. The van der Waals surface area contributed by atoms with Crippen LogP contribution in [0.1, 0.15) is 31.5 Å². The molecule has 1 saturated heterocycles. The minimum atomic E-state index is 0.693. The largest absolute Gasteiger partial charge is 0.312 e. The average Bonchev–Trinajstić information content (AvgIpc) is 2.65. The molecule has 4 nitrogen and oxygen atoms in total. The molecular weight excluding hydrogens is 260 g/mol. The van der Waals surface area contributed by atoms with Crippen molar-refractivity contribution in [1.82, 2.24) is 20.1 Å². The van der Waals surface area contributed by atoms with Crippen molar-refractivity contribution in [2.45, 2.75) is 33.4 Å². The first kappa shape index (κ1) is 16.4. The van der Waals surface area contributed by atoms with E-state index in [1.807, 2.05) is 6.20 Å². The fourth-order valence-electron chi connectivity index (χ4n) is 2.65. The number of aromatic nitrogens is 1. The summed E-state index contributed by atoms with van der Waals surface area (Å²) < 4.78 is 0. The molecule has 0 unspecified atom stereocenters. The molecule has 1 aliphatic rings. The Morgan fingerprint density at radius 3 is 2.76 bits per heavy atom. The van der Waals surface area contributed by atoms with Gasteiger partial charge in [-0.15, -0.1) is 0 Å². The third-order valence-corrected chi connectivity index (χ3v) is 3.97. The van der Waals surface area contributed by atoms with Crippen LogP contribution in [0.25, 0.3) is 0 Å². The molecule has 0 amide bonds. The first-order valence-corrected chi connectivity index (χ1v) is 8.19. The predicted octanol–water partition coefficient (Wildman–Crippen LogP) is 1.96. The second kappa shape index (κ2) is 8.47. The molecule has 0 saturated carbocycles. The maximum atomic E-state index is 4.62. The summed E-state index contributed by atoms with van der Waals surface area (Å²) in [6, 6.07) is 4.39. The van der Waals surface area contributed by atoms with Crippen LogP contribution in [0.3, 0.4) is 0 Å². The summed E-state index contributed by atoms with van der Waals surface area (Å²) in [4.78, 5) is 9.55. The van der Waals surface area contributed by atoms with Crippen LogP contribution in [0.4, 0.5) is 0 Å². The van der Waals surface area contributed by atoms with Crippen molar-refractivity contribution < 1.29 is 0 Å². The quantitative estimate of drug-likeness (QED) is 0.868. The number of pyridine rings is 1. The zero-order chi connectivity index (χ0) is 15.1. The molecule has 1 N–H and O–H groups in total. The Hall–Kier alpha value is -0.970. The fourth-order valence-corrected chi connectivity index (χ4v) is 2.65. The topological polar surface area (TPSA) is 31.4 Å². The fraction of sp³-hybridized carbons (Fsp3) is 0.706. The summed E-state index contributed by atoms with van der Waals surface area (Å²) >= 11 is 0. The second-order valence-corrected chi connectivity index (χ2v) is 6.62. The van der Waals surface area contributed by atoms with Gasteiger partial charge in [0.2, 0.25) is 0 Å². The molecule has 4 heteroatoms. The van der Waals surface area contributed by atoms with Gasteiger partial charge in [-0.3, -0.25) is 9.88 Å². The zero-order valence-electron chi connectivity index (χ0n) is 13.8. The number of hydrogen-bond acceptors (Lipinski definition) is 4. The Morgan fingerprint density at radius 2 is 2.05 bits per heavy atom. The summed E-state index contributed by atoms with van der Waals surface area (Å²) in [5.74, 6) is 0.693. The van der Waals surface area contributed by atoms with E-state index < -0.39 is 0 Å². The minimum Gasteiger partial charge on any atom is -0.312 e. The molecule has 0 atom stereocenters. The van der Waals surface area contributed by atoms with Crippen molar-refractivity contribution in [3.8, 4) is 0 Å². The molecule has 0 spiro atoms. The van der Waals surface area contributed by atoms with E-state index in [0.29, 0.717) is 5.92 Å². The van der Waals surface area contributed by atoms with Crippen molar-refractivity contribution in [2.24, 2.45) is 5.92 Å². The Bertz CT molecular complexity index is 402. The van der Waals surface area contributed by atoms with Gasteiger partial charge >= 0.3 is 0 Å². The van der Waals surface area contributed by atoms with E-state index in [1.54, 1.807) is 0 Å². The Balaban J connectivity index is 1.79. The minimum absolute atomic E-state index is 0.693. The van der Waals surface area contributed by atoms with Crippen molar-refractivity contribution in [2.75, 3.05) is 39.8 Å². The Kier molecular flexibility index (Phi) is 6.61. The van der Waals surface area contributed by atoms with E-state index in [-0.39, 0.29) is 0 Å². The number of rotatable bonds is 6. The van der Waals surface area contributed by atoms with E-state index in [2.05, 4.69) is 53.1 Å². The third-order valence-electron chi connectivity index (χ3n) is 3.97. The molecule has 21 heavy (non-hydrogen) atoms. The summed E-state index contributed by atoms with van der Waals surface area (Å²) in [7, 11) is 2.21. The normalized spacial score (nSPS) is 18.1. The summed E-state index contributed by atoms with van der Waals surface area (Å²) in [5.41, 5.74) is 2.46. The van der Waals surface area contributed by atoms with E-state index in [0.717, 1.165) is 32.7 Å². The number of nitrogens with one attached hydrogen (secondary N) is 1. The van der Waals surface area contributed by atoms with E-state index >= 15 is 0 Å². The first-order valence-electron chi connectivity index (χ1n) is 8.19. The van der Waals surface area contributed by atoms with Crippen LogP contribution >= 0.6 is 0 Å². The highest BCUT2D eigenvalue weighted by Gasteiger charge is 2.12. The summed E-state index contributed by atoms with van der Waals surface area (Å²) in [6.07, 6.45) is 3.28. The summed E-state index contributed by atoms with van der Waals surface area (Å²) in [6.45, 7) is 12.1. The highest BCUT2D eigenvalue weighted by molar-refractivity contribution is 5.14. The van der Waals surface area contributed by atoms with Gasteiger partial charge in [0.25, 0.3) is 0 Å². The van der Waals surface area contributed by atoms with Gasteiger partial charge in [0, 0.05) is 32.4 Å². The molecule has 0 aromatic carbocycles. The maximum Gasteiger partial charge on any atom is 0.0544 e. The Morgan fingerprint density at radius 1 is 1.19 bits per heavy atom. The lowest BCUT2D eigenvalue weighted by Crippen LogP contribution is -2.28. The van der Waals surface area contributed by atoms with Crippen molar-refractivity contribution in [3.63, 3.8) is 0 Å². The number of nitrogens with zero attached hydrogens (tertiary/aromatic N) is 3. The highest BCUT2D eigenvalue weighted by atomic mass is 15.2. The van der Waals surface area contributed by atoms with Gasteiger partial charge in [0.15, 0.2) is 0 Å². The standard InChI is InChI=1S/C17H30N4/c1-15(2)11-18-12-16-5-6-17(19-13-16)14-21-8-4-7-20(3)9-10-21/h5-6,13,15,18H,4,7-12,14H2,1-3H3. The van der Waals surface area contributed by atoms with E-state index in [9.17, 15) is 0 Å². The average molecular weight is 290 g/mol. The van der Waals surface area contributed by atoms with Gasteiger partial charge in [-0.2, -0.15) is 0 Å². The van der Waals surface area contributed by atoms with E-state index in [1.165, 1.54) is 30.8 Å². The molecule has 2 heterocycles. The third kappa shape index (κ3) is 6.12. The highest BCUT2D eigenvalue weighted by Crippen LogP contribution is 2.07. The van der Waals surface area contributed by atoms with Crippen molar-refractivity contribution in [3.05, 3.63) is 29.6 Å². The van der Waals surface area contributed by atoms with Gasteiger partial charge in [-0.25, -0.2) is 0 Å². The SMILES string of the molecule is CC(C)CNCc1ccc(CN2CCCN(C)CC2)nc1. The first-order chi connectivity index (χ1) is 10.1. The van der Waals surface area contributed by atoms with Gasteiger partial charge in [-0.05, 0) is 50.7 Å². The van der Waals surface area contributed by atoms with Crippen molar-refractivity contribution in [1.29, 1.82) is 0 Å². The molecule has 1 aromatic rings. The molecule has 1 aliphatic heterocycles. The molecule has 0 aliphatic carbocycles. The molecular formula is C17H30N4. The molecule has 1 aromatic heterocycles. The van der Waals surface area contributed by atoms with E-state index in [4.69, 9.17) is 0 Å². The lowest BCUT2D eigenvalue weighted by molar-refractivity contribution is 0.266. The van der Waals surface area contributed by atoms with Crippen LogP contribution in [0.5, 0.6) is 0 Å². The van der Waals surface area contributed by atoms with Gasteiger partial charge < -0.3 is 10.2 Å². The molecule has 0 radical (unpaired) electrons. The Labute approximate surface area is 129 Å². The molecule has 0 bridgehead atoms. The molecule has 1 fully saturated rings. The van der Waals surface area contributed by atoms with Gasteiger partial charge in [0.05, 0.1) is 5.69 Å². The van der Waals surface area contributed by atoms with Gasteiger partial charge in [0.1, 0.15) is 0 Å². The smallest absolute Gasteiger partial charge is 0.0544 e. The summed E-state index contributed by atoms with van der Waals surface area (Å²) in [5, 5.41) is 3.46.